The van der Waals surface area contributed by atoms with Crippen LogP contribution in [0.4, 0.5) is 0 Å². The number of carbonyl (C=O) groups is 1. The number of hydrogen-bond acceptors (Lipinski definition) is 3. The van der Waals surface area contributed by atoms with Gasteiger partial charge in [-0.25, -0.2) is 0 Å². The molecule has 0 bridgehead atoms. The molecular weight excluding hydrogens is 288 g/mol. The molecule has 112 valence electrons. The SMILES string of the molecule is C[C@H](N)[C@H]1CCCN(C(=O)c2cc3cccc(Cl)c3o2)C1. The second-order valence-corrected chi connectivity index (χ2v) is 6.19. The molecular formula is C16H19ClN2O2. The van der Waals surface area contributed by atoms with Gasteiger partial charge < -0.3 is 15.1 Å². The van der Waals surface area contributed by atoms with Crippen LogP contribution >= 0.6 is 11.6 Å². The monoisotopic (exact) mass is 306 g/mol. The first kappa shape index (κ1) is 14.4. The average molecular weight is 307 g/mol. The minimum atomic E-state index is -0.0763. The molecule has 0 unspecified atom stereocenters. The highest BCUT2D eigenvalue weighted by Crippen LogP contribution is 2.28. The molecule has 3 rings (SSSR count). The summed E-state index contributed by atoms with van der Waals surface area (Å²) in [6.07, 6.45) is 2.06. The van der Waals surface area contributed by atoms with E-state index >= 15 is 0 Å². The van der Waals surface area contributed by atoms with Crippen LogP contribution < -0.4 is 5.73 Å². The number of para-hydroxylation sites is 1. The zero-order valence-corrected chi connectivity index (χ0v) is 12.8. The molecule has 2 atom stereocenters. The van der Waals surface area contributed by atoms with E-state index in [2.05, 4.69) is 0 Å². The number of fused-ring (bicyclic) bond motifs is 1. The Morgan fingerprint density at radius 1 is 1.52 bits per heavy atom. The van der Waals surface area contributed by atoms with E-state index in [0.717, 1.165) is 24.8 Å². The van der Waals surface area contributed by atoms with Gasteiger partial charge in [0.05, 0.1) is 5.02 Å². The lowest BCUT2D eigenvalue weighted by molar-refractivity contribution is 0.0631. The molecule has 1 fully saturated rings. The van der Waals surface area contributed by atoms with Crippen LogP contribution in [0.3, 0.4) is 0 Å². The zero-order chi connectivity index (χ0) is 15.0. The highest BCUT2D eigenvalue weighted by molar-refractivity contribution is 6.34. The second-order valence-electron chi connectivity index (χ2n) is 5.78. The van der Waals surface area contributed by atoms with Crippen LogP contribution in [0.25, 0.3) is 11.0 Å². The summed E-state index contributed by atoms with van der Waals surface area (Å²) in [5.74, 6) is 0.631. The van der Waals surface area contributed by atoms with Crippen LogP contribution in [0, 0.1) is 5.92 Å². The van der Waals surface area contributed by atoms with Crippen LogP contribution in [0.1, 0.15) is 30.3 Å². The van der Waals surface area contributed by atoms with E-state index in [1.54, 1.807) is 12.1 Å². The molecule has 5 heteroatoms. The predicted octanol–water partition coefficient (Wildman–Crippen LogP) is 3.29. The summed E-state index contributed by atoms with van der Waals surface area (Å²) in [6.45, 7) is 3.45. The van der Waals surface area contributed by atoms with E-state index in [-0.39, 0.29) is 11.9 Å². The molecule has 0 aliphatic carbocycles. The van der Waals surface area contributed by atoms with Crippen molar-refractivity contribution in [1.29, 1.82) is 0 Å². The van der Waals surface area contributed by atoms with Gasteiger partial charge in [-0.2, -0.15) is 0 Å². The molecule has 1 aliphatic rings. The first-order valence-corrected chi connectivity index (χ1v) is 7.67. The minimum absolute atomic E-state index is 0.0763. The Bertz CT molecular complexity index is 665. The summed E-state index contributed by atoms with van der Waals surface area (Å²) in [4.78, 5) is 14.4. The van der Waals surface area contributed by atoms with Crippen molar-refractivity contribution in [1.82, 2.24) is 4.90 Å². The zero-order valence-electron chi connectivity index (χ0n) is 12.0. The van der Waals surface area contributed by atoms with Crippen LogP contribution in [-0.2, 0) is 0 Å². The number of carbonyl (C=O) groups excluding carboxylic acids is 1. The van der Waals surface area contributed by atoms with Crippen molar-refractivity contribution in [3.05, 3.63) is 35.0 Å². The van der Waals surface area contributed by atoms with Crippen LogP contribution in [0.5, 0.6) is 0 Å². The number of rotatable bonds is 2. The smallest absolute Gasteiger partial charge is 0.289 e. The molecule has 0 spiro atoms. The third-order valence-corrected chi connectivity index (χ3v) is 4.49. The molecule has 0 radical (unpaired) electrons. The largest absolute Gasteiger partial charge is 0.449 e. The number of hydrogen-bond donors (Lipinski definition) is 1. The van der Waals surface area contributed by atoms with Crippen molar-refractivity contribution in [3.8, 4) is 0 Å². The van der Waals surface area contributed by atoms with Gasteiger partial charge in [-0.3, -0.25) is 4.79 Å². The van der Waals surface area contributed by atoms with Gasteiger partial charge in [0.2, 0.25) is 0 Å². The topological polar surface area (TPSA) is 59.5 Å². The van der Waals surface area contributed by atoms with Gasteiger partial charge in [-0.1, -0.05) is 23.7 Å². The van der Waals surface area contributed by atoms with Gasteiger partial charge in [-0.15, -0.1) is 0 Å². The maximum atomic E-state index is 12.6. The Morgan fingerprint density at radius 3 is 3.05 bits per heavy atom. The Kier molecular flexibility index (Phi) is 3.91. The quantitative estimate of drug-likeness (QED) is 0.926. The van der Waals surface area contributed by atoms with Crippen molar-refractivity contribution < 1.29 is 9.21 Å². The molecule has 2 N–H and O–H groups in total. The lowest BCUT2D eigenvalue weighted by Gasteiger charge is -2.34. The van der Waals surface area contributed by atoms with Crippen molar-refractivity contribution in [3.63, 3.8) is 0 Å². The molecule has 4 nitrogen and oxygen atoms in total. The summed E-state index contributed by atoms with van der Waals surface area (Å²) in [5, 5.41) is 1.38. The lowest BCUT2D eigenvalue weighted by atomic mass is 9.92. The van der Waals surface area contributed by atoms with E-state index in [4.69, 9.17) is 21.8 Å². The highest BCUT2D eigenvalue weighted by atomic mass is 35.5. The maximum absolute atomic E-state index is 12.6. The van der Waals surface area contributed by atoms with Gasteiger partial charge in [0.25, 0.3) is 5.91 Å². The molecule has 0 saturated carbocycles. The van der Waals surface area contributed by atoms with E-state index < -0.39 is 0 Å². The summed E-state index contributed by atoms with van der Waals surface area (Å²) in [5.41, 5.74) is 6.54. The maximum Gasteiger partial charge on any atom is 0.289 e. The molecule has 1 aromatic heterocycles. The average Bonchev–Trinajstić information content (AvgIpc) is 2.92. The number of furan rings is 1. The molecule has 1 aromatic carbocycles. The van der Waals surface area contributed by atoms with Crippen molar-refractivity contribution in [2.75, 3.05) is 13.1 Å². The Balaban J connectivity index is 1.84. The molecule has 1 saturated heterocycles. The number of nitrogens with zero attached hydrogens (tertiary/aromatic N) is 1. The second kappa shape index (κ2) is 5.70. The van der Waals surface area contributed by atoms with Crippen molar-refractivity contribution in [2.24, 2.45) is 11.7 Å². The fourth-order valence-electron chi connectivity index (χ4n) is 2.91. The molecule has 21 heavy (non-hydrogen) atoms. The number of nitrogens with two attached hydrogens (primary N) is 1. The minimum Gasteiger partial charge on any atom is -0.449 e. The first-order chi connectivity index (χ1) is 10.1. The Morgan fingerprint density at radius 2 is 2.33 bits per heavy atom. The van der Waals surface area contributed by atoms with E-state index in [1.165, 1.54) is 0 Å². The fourth-order valence-corrected chi connectivity index (χ4v) is 3.13. The standard InChI is InChI=1S/C16H19ClN2O2/c1-10(18)12-5-3-7-19(9-12)16(20)14-8-11-4-2-6-13(17)15(11)21-14/h2,4,6,8,10,12H,3,5,7,9,18H2,1H3/t10-,12-/m0/s1. The Labute approximate surface area is 128 Å². The lowest BCUT2D eigenvalue weighted by Crippen LogP contribution is -2.44. The van der Waals surface area contributed by atoms with Gasteiger partial charge in [0, 0.05) is 24.5 Å². The number of piperidine rings is 1. The summed E-state index contributed by atoms with van der Waals surface area (Å²) in [7, 11) is 0. The van der Waals surface area contributed by atoms with Crippen LogP contribution in [-0.4, -0.2) is 29.9 Å². The van der Waals surface area contributed by atoms with Crippen molar-refractivity contribution >= 4 is 28.5 Å². The van der Waals surface area contributed by atoms with Crippen LogP contribution in [0.2, 0.25) is 5.02 Å². The van der Waals surface area contributed by atoms with E-state index in [1.807, 2.05) is 24.0 Å². The summed E-state index contributed by atoms with van der Waals surface area (Å²) >= 11 is 6.09. The summed E-state index contributed by atoms with van der Waals surface area (Å²) in [6, 6.07) is 7.36. The van der Waals surface area contributed by atoms with E-state index in [0.29, 0.717) is 28.8 Å². The van der Waals surface area contributed by atoms with Crippen molar-refractivity contribution in [2.45, 2.75) is 25.8 Å². The van der Waals surface area contributed by atoms with E-state index in [9.17, 15) is 4.79 Å². The molecule has 2 heterocycles. The third-order valence-electron chi connectivity index (χ3n) is 4.20. The number of likely N-dealkylation sites (tertiary alicyclic amines) is 1. The normalized spacial score (nSPS) is 20.7. The summed E-state index contributed by atoms with van der Waals surface area (Å²) < 4.78 is 5.66. The third kappa shape index (κ3) is 2.78. The highest BCUT2D eigenvalue weighted by Gasteiger charge is 2.28. The predicted molar refractivity (Wildman–Crippen MR) is 83.5 cm³/mol. The number of amides is 1. The number of benzene rings is 1. The van der Waals surface area contributed by atoms with Gasteiger partial charge >= 0.3 is 0 Å². The van der Waals surface area contributed by atoms with Crippen LogP contribution in [0.15, 0.2) is 28.7 Å². The molecule has 1 aliphatic heterocycles. The molecule has 1 amide bonds. The number of halogens is 1. The fraction of sp³-hybridized carbons (Fsp3) is 0.438. The van der Waals surface area contributed by atoms with Gasteiger partial charge in [-0.05, 0) is 37.8 Å². The molecule has 2 aromatic rings. The van der Waals surface area contributed by atoms with Gasteiger partial charge in [0.1, 0.15) is 0 Å². The first-order valence-electron chi connectivity index (χ1n) is 7.29. The Hall–Kier alpha value is -1.52. The van der Waals surface area contributed by atoms with Gasteiger partial charge in [0.15, 0.2) is 11.3 Å².